The Morgan fingerprint density at radius 1 is 1.40 bits per heavy atom. The number of aliphatic carboxylic acids is 1. The Hall–Kier alpha value is -1.55. The number of carboxylic acid groups (broad SMARTS) is 1. The van der Waals surface area contributed by atoms with E-state index in [1.807, 2.05) is 24.3 Å². The molecule has 1 aliphatic heterocycles. The molecule has 20 heavy (non-hydrogen) atoms. The number of nitrogens with zero attached hydrogens (tertiary/aromatic N) is 1. The fourth-order valence-electron chi connectivity index (χ4n) is 2.61. The Morgan fingerprint density at radius 3 is 2.85 bits per heavy atom. The number of carbonyl (C=O) groups is 1. The first-order valence-corrected chi connectivity index (χ1v) is 7.25. The molecule has 1 heterocycles. The van der Waals surface area contributed by atoms with E-state index in [9.17, 15) is 4.79 Å². The number of hydrogen-bond acceptors (Lipinski definition) is 3. The second kappa shape index (κ2) is 7.29. The van der Waals surface area contributed by atoms with Crippen molar-refractivity contribution in [1.82, 2.24) is 4.90 Å². The normalized spacial score (nSPS) is 17.1. The summed E-state index contributed by atoms with van der Waals surface area (Å²) >= 11 is 0. The lowest BCUT2D eigenvalue weighted by Crippen LogP contribution is -2.30. The number of likely N-dealkylation sites (tertiary alicyclic amines) is 1. The van der Waals surface area contributed by atoms with Gasteiger partial charge in [-0.3, -0.25) is 4.79 Å². The van der Waals surface area contributed by atoms with Gasteiger partial charge >= 0.3 is 5.97 Å². The summed E-state index contributed by atoms with van der Waals surface area (Å²) in [6, 6.07) is 7.38. The van der Waals surface area contributed by atoms with Gasteiger partial charge in [0.1, 0.15) is 5.75 Å². The number of hydrogen-bond donors (Lipinski definition) is 1. The second-order valence-electron chi connectivity index (χ2n) is 5.60. The highest BCUT2D eigenvalue weighted by Gasteiger charge is 2.16. The molecular weight excluding hydrogens is 254 g/mol. The van der Waals surface area contributed by atoms with Crippen LogP contribution in [-0.4, -0.2) is 42.7 Å². The van der Waals surface area contributed by atoms with Crippen molar-refractivity contribution in [2.45, 2.75) is 25.7 Å². The van der Waals surface area contributed by atoms with Gasteiger partial charge in [0, 0.05) is 0 Å². The van der Waals surface area contributed by atoms with Crippen LogP contribution in [0.15, 0.2) is 24.3 Å². The van der Waals surface area contributed by atoms with Crippen LogP contribution >= 0.6 is 0 Å². The van der Waals surface area contributed by atoms with Gasteiger partial charge in [-0.2, -0.15) is 0 Å². The molecule has 1 N–H and O–H groups in total. The molecule has 0 atom stereocenters. The zero-order chi connectivity index (χ0) is 14.4. The topological polar surface area (TPSA) is 49.8 Å². The molecule has 0 amide bonds. The maximum atomic E-state index is 10.7. The van der Waals surface area contributed by atoms with E-state index in [-0.39, 0.29) is 6.42 Å². The minimum Gasteiger partial charge on any atom is -0.494 e. The van der Waals surface area contributed by atoms with Gasteiger partial charge in [-0.15, -0.1) is 0 Å². The zero-order valence-electron chi connectivity index (χ0n) is 12.0. The Bertz CT molecular complexity index is 439. The van der Waals surface area contributed by atoms with Crippen LogP contribution in [0.4, 0.5) is 0 Å². The maximum Gasteiger partial charge on any atom is 0.307 e. The quantitative estimate of drug-likeness (QED) is 0.867. The number of carboxylic acids is 1. The Labute approximate surface area is 120 Å². The third-order valence-corrected chi connectivity index (χ3v) is 3.89. The summed E-state index contributed by atoms with van der Waals surface area (Å²) in [5, 5.41) is 8.78. The summed E-state index contributed by atoms with van der Waals surface area (Å²) in [4.78, 5) is 13.1. The van der Waals surface area contributed by atoms with Crippen LogP contribution in [0.3, 0.4) is 0 Å². The average molecular weight is 277 g/mol. The molecule has 4 nitrogen and oxygen atoms in total. The fourth-order valence-corrected chi connectivity index (χ4v) is 2.61. The molecule has 0 bridgehead atoms. The second-order valence-corrected chi connectivity index (χ2v) is 5.60. The highest BCUT2D eigenvalue weighted by molar-refractivity contribution is 5.70. The molecule has 4 heteroatoms. The molecule has 1 fully saturated rings. The number of piperidine rings is 1. The van der Waals surface area contributed by atoms with E-state index >= 15 is 0 Å². The van der Waals surface area contributed by atoms with E-state index < -0.39 is 5.97 Å². The molecule has 110 valence electrons. The lowest BCUT2D eigenvalue weighted by Gasteiger charge is -2.28. The van der Waals surface area contributed by atoms with Crippen molar-refractivity contribution in [2.24, 2.45) is 5.92 Å². The van der Waals surface area contributed by atoms with Crippen LogP contribution < -0.4 is 4.74 Å². The molecule has 0 radical (unpaired) electrons. The molecule has 0 aromatic heterocycles. The number of benzene rings is 1. The largest absolute Gasteiger partial charge is 0.494 e. The van der Waals surface area contributed by atoms with Gasteiger partial charge in [0.05, 0.1) is 13.0 Å². The monoisotopic (exact) mass is 277 g/mol. The molecule has 0 spiro atoms. The first kappa shape index (κ1) is 14.9. The van der Waals surface area contributed by atoms with Crippen LogP contribution in [0.25, 0.3) is 0 Å². The van der Waals surface area contributed by atoms with Crippen molar-refractivity contribution in [3.8, 4) is 5.75 Å². The van der Waals surface area contributed by atoms with Crippen LogP contribution in [0.2, 0.25) is 0 Å². The highest BCUT2D eigenvalue weighted by atomic mass is 16.5. The van der Waals surface area contributed by atoms with Gasteiger partial charge in [0.15, 0.2) is 0 Å². The van der Waals surface area contributed by atoms with Crippen LogP contribution in [0, 0.1) is 5.92 Å². The molecule has 1 aromatic carbocycles. The van der Waals surface area contributed by atoms with Gasteiger partial charge in [-0.1, -0.05) is 12.1 Å². The molecule has 0 aliphatic carbocycles. The molecule has 2 rings (SSSR count). The standard InChI is InChI=1S/C16H23NO3/c1-17-8-5-13(6-9-17)7-10-20-15-4-2-3-14(11-15)12-16(18)19/h2-4,11,13H,5-10,12H2,1H3,(H,18,19). The van der Waals surface area contributed by atoms with Crippen molar-refractivity contribution >= 4 is 5.97 Å². The highest BCUT2D eigenvalue weighted by Crippen LogP contribution is 2.20. The van der Waals surface area contributed by atoms with Crippen molar-refractivity contribution in [3.05, 3.63) is 29.8 Å². The van der Waals surface area contributed by atoms with E-state index in [4.69, 9.17) is 9.84 Å². The van der Waals surface area contributed by atoms with Gasteiger partial charge < -0.3 is 14.7 Å². The third-order valence-electron chi connectivity index (χ3n) is 3.89. The molecule has 1 aromatic rings. The number of rotatable bonds is 6. The van der Waals surface area contributed by atoms with Crippen molar-refractivity contribution in [3.63, 3.8) is 0 Å². The van der Waals surface area contributed by atoms with Crippen LogP contribution in [0.1, 0.15) is 24.8 Å². The van der Waals surface area contributed by atoms with Crippen LogP contribution in [-0.2, 0) is 11.2 Å². The Kier molecular flexibility index (Phi) is 5.41. The van der Waals surface area contributed by atoms with Crippen LogP contribution in [0.5, 0.6) is 5.75 Å². The molecular formula is C16H23NO3. The Morgan fingerprint density at radius 2 is 2.15 bits per heavy atom. The molecule has 0 unspecified atom stereocenters. The first-order valence-electron chi connectivity index (χ1n) is 7.25. The van der Waals surface area contributed by atoms with E-state index in [0.29, 0.717) is 6.61 Å². The van der Waals surface area contributed by atoms with Crippen molar-refractivity contribution < 1.29 is 14.6 Å². The van der Waals surface area contributed by atoms with E-state index in [0.717, 1.165) is 23.7 Å². The summed E-state index contributed by atoms with van der Waals surface area (Å²) in [7, 11) is 2.17. The maximum absolute atomic E-state index is 10.7. The summed E-state index contributed by atoms with van der Waals surface area (Å²) in [5.74, 6) is 0.721. The van der Waals surface area contributed by atoms with E-state index in [2.05, 4.69) is 11.9 Å². The smallest absolute Gasteiger partial charge is 0.307 e. The van der Waals surface area contributed by atoms with Crippen molar-refractivity contribution in [1.29, 1.82) is 0 Å². The summed E-state index contributed by atoms with van der Waals surface area (Å²) < 4.78 is 5.75. The minimum absolute atomic E-state index is 0.0478. The molecule has 1 saturated heterocycles. The summed E-state index contributed by atoms with van der Waals surface area (Å²) in [6.45, 7) is 3.07. The number of ether oxygens (including phenoxy) is 1. The van der Waals surface area contributed by atoms with Gasteiger partial charge in [-0.05, 0) is 63.0 Å². The third kappa shape index (κ3) is 4.85. The predicted molar refractivity (Wildman–Crippen MR) is 78.1 cm³/mol. The molecule has 0 saturated carbocycles. The summed E-state index contributed by atoms with van der Waals surface area (Å²) in [5.41, 5.74) is 0.786. The van der Waals surface area contributed by atoms with Crippen molar-refractivity contribution in [2.75, 3.05) is 26.7 Å². The van der Waals surface area contributed by atoms with Gasteiger partial charge in [0.25, 0.3) is 0 Å². The van der Waals surface area contributed by atoms with Gasteiger partial charge in [0.2, 0.25) is 0 Å². The average Bonchev–Trinajstić information content (AvgIpc) is 2.41. The van der Waals surface area contributed by atoms with Gasteiger partial charge in [-0.25, -0.2) is 0 Å². The van der Waals surface area contributed by atoms with E-state index in [1.165, 1.54) is 25.9 Å². The molecule has 1 aliphatic rings. The minimum atomic E-state index is -0.812. The SMILES string of the molecule is CN1CCC(CCOc2cccc(CC(=O)O)c2)CC1. The lowest BCUT2D eigenvalue weighted by molar-refractivity contribution is -0.136. The predicted octanol–water partition coefficient (Wildman–Crippen LogP) is 2.42. The Balaban J connectivity index is 1.75. The first-order chi connectivity index (χ1) is 9.63. The van der Waals surface area contributed by atoms with E-state index in [1.54, 1.807) is 0 Å². The lowest BCUT2D eigenvalue weighted by atomic mass is 9.94. The zero-order valence-corrected chi connectivity index (χ0v) is 12.0. The fraction of sp³-hybridized carbons (Fsp3) is 0.562. The summed E-state index contributed by atoms with van der Waals surface area (Å²) in [6.07, 6.45) is 3.63.